The lowest BCUT2D eigenvalue weighted by molar-refractivity contribution is -0.140. The Bertz CT molecular complexity index is 546. The fourth-order valence-corrected chi connectivity index (χ4v) is 2.41. The van der Waals surface area contributed by atoms with E-state index in [0.29, 0.717) is 13.0 Å². The van der Waals surface area contributed by atoms with Gasteiger partial charge in [-0.1, -0.05) is 18.6 Å². The molecule has 0 bridgehead atoms. The molecule has 0 saturated heterocycles. The zero-order valence-corrected chi connectivity index (χ0v) is 14.9. The Balaban J connectivity index is 2.55. The first kappa shape index (κ1) is 20.1. The summed E-state index contributed by atoms with van der Waals surface area (Å²) >= 11 is 0. The average molecular weight is 338 g/mol. The fourth-order valence-electron chi connectivity index (χ4n) is 2.41. The van der Waals surface area contributed by atoms with Gasteiger partial charge in [0, 0.05) is 13.0 Å². The predicted molar refractivity (Wildman–Crippen MR) is 90.9 cm³/mol. The molecule has 1 aromatic rings. The maximum absolute atomic E-state index is 13.1. The van der Waals surface area contributed by atoms with Crippen LogP contribution in [-0.2, 0) is 19.9 Å². The number of carbonyl (C=O) groups excluding carboxylic acids is 2. The molecule has 1 amide bonds. The molecule has 24 heavy (non-hydrogen) atoms. The van der Waals surface area contributed by atoms with Gasteiger partial charge in [-0.2, -0.15) is 0 Å². The number of halogens is 1. The molecule has 0 aliphatic rings. The van der Waals surface area contributed by atoms with Crippen molar-refractivity contribution in [3.05, 3.63) is 35.6 Å². The molecule has 0 saturated carbocycles. The third kappa shape index (κ3) is 5.30. The molecule has 1 rings (SSSR count). The van der Waals surface area contributed by atoms with Gasteiger partial charge in [0.25, 0.3) is 0 Å². The summed E-state index contributed by atoms with van der Waals surface area (Å²) in [5.74, 6) is -0.673. The summed E-state index contributed by atoms with van der Waals surface area (Å²) in [6.45, 7) is 2.34. The summed E-state index contributed by atoms with van der Waals surface area (Å²) in [5, 5.41) is 2.93. The third-order valence-corrected chi connectivity index (χ3v) is 4.31. The minimum absolute atomic E-state index is 0.132. The van der Waals surface area contributed by atoms with Gasteiger partial charge >= 0.3 is 5.97 Å². The number of ether oxygens (including phenoxy) is 1. The molecule has 1 atom stereocenters. The van der Waals surface area contributed by atoms with Crippen LogP contribution in [0.3, 0.4) is 0 Å². The monoisotopic (exact) mass is 338 g/mol. The number of unbranched alkanes of at least 4 members (excludes halogenated alkanes) is 2. The van der Waals surface area contributed by atoms with E-state index in [0.717, 1.165) is 24.8 Å². The lowest BCUT2D eigenvalue weighted by Crippen LogP contribution is -2.51. The van der Waals surface area contributed by atoms with Crippen LogP contribution in [0.15, 0.2) is 24.3 Å². The topological polar surface area (TPSA) is 58.6 Å². The molecule has 0 aliphatic carbocycles. The number of hydrogen-bond donors (Lipinski definition) is 1. The number of methoxy groups -OCH3 is 1. The van der Waals surface area contributed by atoms with Crippen molar-refractivity contribution in [2.24, 2.45) is 0 Å². The van der Waals surface area contributed by atoms with E-state index in [4.69, 9.17) is 0 Å². The number of benzene rings is 1. The second-order valence-electron chi connectivity index (χ2n) is 6.12. The maximum Gasteiger partial charge on any atom is 0.305 e. The number of nitrogens with one attached hydrogen (secondary N) is 1. The standard InChI is InChI=1S/C18H27FN2O3/c1-18(21(2)3,14-9-11-15(19)12-10-14)17(23)20-13-7-5-6-8-16(22)24-4/h9-12H,5-8,13H2,1-4H3,(H,20,23)/t18-/m0/s1. The minimum Gasteiger partial charge on any atom is -0.469 e. The lowest BCUT2D eigenvalue weighted by atomic mass is 9.89. The van der Waals surface area contributed by atoms with Crippen LogP contribution in [0.2, 0.25) is 0 Å². The number of amides is 1. The van der Waals surface area contributed by atoms with E-state index in [1.54, 1.807) is 12.1 Å². The Morgan fingerprint density at radius 3 is 2.33 bits per heavy atom. The number of rotatable bonds is 9. The van der Waals surface area contributed by atoms with Gasteiger partial charge in [0.1, 0.15) is 11.4 Å². The van der Waals surface area contributed by atoms with Gasteiger partial charge in [-0.05, 0) is 51.6 Å². The second kappa shape index (κ2) is 9.37. The van der Waals surface area contributed by atoms with Crippen molar-refractivity contribution in [1.82, 2.24) is 10.2 Å². The molecule has 134 valence electrons. The van der Waals surface area contributed by atoms with Crippen molar-refractivity contribution in [3.63, 3.8) is 0 Å². The van der Waals surface area contributed by atoms with Crippen LogP contribution < -0.4 is 5.32 Å². The number of nitrogens with zero attached hydrogens (tertiary/aromatic N) is 1. The summed E-state index contributed by atoms with van der Waals surface area (Å²) in [4.78, 5) is 25.5. The molecule has 1 aromatic carbocycles. The number of carbonyl (C=O) groups is 2. The van der Waals surface area contributed by atoms with E-state index in [1.165, 1.54) is 19.2 Å². The highest BCUT2D eigenvalue weighted by atomic mass is 19.1. The summed E-state index contributed by atoms with van der Waals surface area (Å²) in [6.07, 6.45) is 2.77. The first-order chi connectivity index (χ1) is 11.3. The normalized spacial score (nSPS) is 13.4. The molecular formula is C18H27FN2O3. The van der Waals surface area contributed by atoms with Crippen LogP contribution >= 0.6 is 0 Å². The van der Waals surface area contributed by atoms with Gasteiger partial charge < -0.3 is 10.1 Å². The molecule has 1 N–H and O–H groups in total. The maximum atomic E-state index is 13.1. The quantitative estimate of drug-likeness (QED) is 0.555. The van der Waals surface area contributed by atoms with Gasteiger partial charge in [-0.3, -0.25) is 14.5 Å². The first-order valence-electron chi connectivity index (χ1n) is 8.11. The average Bonchev–Trinajstić information content (AvgIpc) is 2.57. The van der Waals surface area contributed by atoms with E-state index in [2.05, 4.69) is 10.1 Å². The molecule has 0 aliphatic heterocycles. The second-order valence-corrected chi connectivity index (χ2v) is 6.12. The van der Waals surface area contributed by atoms with Crippen LogP contribution in [0.4, 0.5) is 4.39 Å². The molecule has 0 unspecified atom stereocenters. The molecule has 6 heteroatoms. The summed E-state index contributed by atoms with van der Waals surface area (Å²) < 4.78 is 17.7. The predicted octanol–water partition coefficient (Wildman–Crippen LogP) is 2.45. The van der Waals surface area contributed by atoms with Crippen molar-refractivity contribution in [1.29, 1.82) is 0 Å². The molecule has 0 aromatic heterocycles. The largest absolute Gasteiger partial charge is 0.469 e. The van der Waals surface area contributed by atoms with Crippen molar-refractivity contribution in [2.75, 3.05) is 27.7 Å². The van der Waals surface area contributed by atoms with Gasteiger partial charge in [-0.15, -0.1) is 0 Å². The molecule has 5 nitrogen and oxygen atoms in total. The number of hydrogen-bond acceptors (Lipinski definition) is 4. The Morgan fingerprint density at radius 2 is 1.79 bits per heavy atom. The summed E-state index contributed by atoms with van der Waals surface area (Å²) in [6, 6.07) is 5.98. The van der Waals surface area contributed by atoms with Gasteiger partial charge in [-0.25, -0.2) is 4.39 Å². The van der Waals surface area contributed by atoms with Crippen molar-refractivity contribution in [2.45, 2.75) is 38.1 Å². The molecular weight excluding hydrogens is 311 g/mol. The van der Waals surface area contributed by atoms with Crippen LogP contribution in [0.1, 0.15) is 38.2 Å². The Labute approximate surface area is 143 Å². The van der Waals surface area contributed by atoms with Crippen LogP contribution in [0.25, 0.3) is 0 Å². The molecule has 0 heterocycles. The van der Waals surface area contributed by atoms with Crippen LogP contribution in [0.5, 0.6) is 0 Å². The molecule has 0 fully saturated rings. The van der Waals surface area contributed by atoms with E-state index < -0.39 is 5.54 Å². The van der Waals surface area contributed by atoms with Crippen LogP contribution in [-0.4, -0.2) is 44.5 Å². The molecule has 0 spiro atoms. The first-order valence-corrected chi connectivity index (χ1v) is 8.11. The van der Waals surface area contributed by atoms with Gasteiger partial charge in [0.15, 0.2) is 0 Å². The zero-order chi connectivity index (χ0) is 18.2. The summed E-state index contributed by atoms with van der Waals surface area (Å²) in [7, 11) is 5.01. The van der Waals surface area contributed by atoms with E-state index in [-0.39, 0.29) is 17.7 Å². The van der Waals surface area contributed by atoms with Crippen molar-refractivity contribution >= 4 is 11.9 Å². The highest BCUT2D eigenvalue weighted by Gasteiger charge is 2.37. The van der Waals surface area contributed by atoms with Crippen molar-refractivity contribution < 1.29 is 18.7 Å². The SMILES string of the molecule is COC(=O)CCCCCNC(=O)[C@](C)(c1ccc(F)cc1)N(C)C. The van der Waals surface area contributed by atoms with E-state index in [9.17, 15) is 14.0 Å². The fraction of sp³-hybridized carbons (Fsp3) is 0.556. The van der Waals surface area contributed by atoms with E-state index >= 15 is 0 Å². The van der Waals surface area contributed by atoms with Crippen LogP contribution in [0, 0.1) is 5.82 Å². The molecule has 0 radical (unpaired) electrons. The number of esters is 1. The Morgan fingerprint density at radius 1 is 1.17 bits per heavy atom. The van der Waals surface area contributed by atoms with Gasteiger partial charge in [0.2, 0.25) is 5.91 Å². The Kier molecular flexibility index (Phi) is 7.85. The lowest BCUT2D eigenvalue weighted by Gasteiger charge is -2.35. The van der Waals surface area contributed by atoms with E-state index in [1.807, 2.05) is 25.9 Å². The van der Waals surface area contributed by atoms with Crippen molar-refractivity contribution in [3.8, 4) is 0 Å². The smallest absolute Gasteiger partial charge is 0.305 e. The third-order valence-electron chi connectivity index (χ3n) is 4.31. The summed E-state index contributed by atoms with van der Waals surface area (Å²) in [5.41, 5.74) is -0.142. The highest BCUT2D eigenvalue weighted by molar-refractivity contribution is 5.87. The number of likely N-dealkylation sites (N-methyl/N-ethyl adjacent to an activating group) is 1. The zero-order valence-electron chi connectivity index (χ0n) is 14.9. The highest BCUT2D eigenvalue weighted by Crippen LogP contribution is 2.26. The van der Waals surface area contributed by atoms with Gasteiger partial charge in [0.05, 0.1) is 7.11 Å². The minimum atomic E-state index is -0.875. The Hall–Kier alpha value is -1.95.